The number of rotatable bonds is 7. The van der Waals surface area contributed by atoms with E-state index in [1.165, 1.54) is 5.56 Å². The molecular formula is C25H19Cl2NO4. The van der Waals surface area contributed by atoms with Crippen LogP contribution in [0.2, 0.25) is 10.0 Å². The molecule has 7 heteroatoms. The Morgan fingerprint density at radius 1 is 1.00 bits per heavy atom. The third-order valence-electron chi connectivity index (χ3n) is 4.76. The zero-order valence-electron chi connectivity index (χ0n) is 17.2. The Balaban J connectivity index is 1.50. The van der Waals surface area contributed by atoms with Gasteiger partial charge in [0.25, 0.3) is 0 Å². The highest BCUT2D eigenvalue weighted by molar-refractivity contribution is 6.37. The molecule has 0 saturated heterocycles. The molecule has 162 valence electrons. The van der Waals surface area contributed by atoms with Crippen LogP contribution in [0.25, 0.3) is 6.08 Å². The van der Waals surface area contributed by atoms with Crippen LogP contribution in [-0.2, 0) is 16.0 Å². The molecule has 0 radical (unpaired) electrons. The number of carbonyl (C=O) groups is 1. The lowest BCUT2D eigenvalue weighted by atomic mass is 10.1. The zero-order chi connectivity index (χ0) is 22.5. The van der Waals surface area contributed by atoms with E-state index >= 15 is 0 Å². The number of methoxy groups -OCH3 is 1. The van der Waals surface area contributed by atoms with E-state index in [1.807, 2.05) is 24.3 Å². The van der Waals surface area contributed by atoms with Gasteiger partial charge in [0, 0.05) is 11.4 Å². The molecule has 0 aromatic heterocycles. The van der Waals surface area contributed by atoms with Crippen LogP contribution in [0.1, 0.15) is 16.7 Å². The minimum atomic E-state index is -0.562. The molecule has 1 heterocycles. The Bertz CT molecular complexity index is 1210. The highest BCUT2D eigenvalue weighted by Crippen LogP contribution is 2.31. The number of halogens is 2. The van der Waals surface area contributed by atoms with Gasteiger partial charge in [-0.15, -0.1) is 0 Å². The number of benzene rings is 3. The first-order chi connectivity index (χ1) is 15.5. The van der Waals surface area contributed by atoms with Crippen LogP contribution < -0.4 is 9.47 Å². The number of cyclic esters (lactones) is 1. The van der Waals surface area contributed by atoms with Crippen LogP contribution in [0.15, 0.2) is 77.4 Å². The number of carbonyl (C=O) groups excluding carboxylic acids is 1. The second kappa shape index (κ2) is 9.90. The molecule has 3 aromatic carbocycles. The minimum absolute atomic E-state index is 0.135. The molecule has 3 aromatic rings. The summed E-state index contributed by atoms with van der Waals surface area (Å²) in [5, 5.41) is 0.835. The summed E-state index contributed by atoms with van der Waals surface area (Å²) in [4.78, 5) is 16.6. The molecular weight excluding hydrogens is 449 g/mol. The molecule has 0 aliphatic carbocycles. The molecule has 0 unspecified atom stereocenters. The van der Waals surface area contributed by atoms with Crippen molar-refractivity contribution in [1.82, 2.24) is 0 Å². The Kier molecular flexibility index (Phi) is 6.78. The number of esters is 1. The van der Waals surface area contributed by atoms with E-state index in [1.54, 1.807) is 43.5 Å². The number of nitrogens with zero attached hydrogens (tertiary/aromatic N) is 1. The largest absolute Gasteiger partial charge is 0.493 e. The standard InChI is InChI=1S/C25H19Cl2NO4/c1-30-23-14-17(7-10-22(23)31-12-11-16-5-3-2-4-6-16)13-21-25(29)32-24(28-21)19-9-8-18(26)15-20(19)27/h2-10,13-15H,11-12H2,1H3/b21-13-. The highest BCUT2D eigenvalue weighted by Gasteiger charge is 2.25. The fraction of sp³-hybridized carbons (Fsp3) is 0.120. The molecule has 0 spiro atoms. The molecule has 32 heavy (non-hydrogen) atoms. The predicted molar refractivity (Wildman–Crippen MR) is 126 cm³/mol. The molecule has 0 atom stereocenters. The van der Waals surface area contributed by atoms with Crippen molar-refractivity contribution in [1.29, 1.82) is 0 Å². The highest BCUT2D eigenvalue weighted by atomic mass is 35.5. The average Bonchev–Trinajstić information content (AvgIpc) is 3.15. The summed E-state index contributed by atoms with van der Waals surface area (Å²) in [7, 11) is 1.57. The normalized spacial score (nSPS) is 14.3. The smallest absolute Gasteiger partial charge is 0.363 e. The third-order valence-corrected chi connectivity index (χ3v) is 5.31. The van der Waals surface area contributed by atoms with Gasteiger partial charge in [0.05, 0.1) is 24.3 Å². The van der Waals surface area contributed by atoms with Crippen molar-refractivity contribution in [2.24, 2.45) is 4.99 Å². The predicted octanol–water partition coefficient (Wildman–Crippen LogP) is 5.97. The van der Waals surface area contributed by atoms with Gasteiger partial charge in [0.2, 0.25) is 5.90 Å². The van der Waals surface area contributed by atoms with Gasteiger partial charge in [-0.3, -0.25) is 0 Å². The maximum absolute atomic E-state index is 12.3. The van der Waals surface area contributed by atoms with E-state index in [-0.39, 0.29) is 11.6 Å². The van der Waals surface area contributed by atoms with E-state index in [4.69, 9.17) is 37.4 Å². The van der Waals surface area contributed by atoms with Crippen LogP contribution in [0.4, 0.5) is 0 Å². The lowest BCUT2D eigenvalue weighted by molar-refractivity contribution is -0.129. The van der Waals surface area contributed by atoms with Crippen molar-refractivity contribution >= 4 is 41.1 Å². The summed E-state index contributed by atoms with van der Waals surface area (Å²) in [5.41, 5.74) is 2.57. The topological polar surface area (TPSA) is 57.1 Å². The average molecular weight is 468 g/mol. The van der Waals surface area contributed by atoms with E-state index in [0.29, 0.717) is 33.7 Å². The summed E-state index contributed by atoms with van der Waals surface area (Å²) in [5.74, 6) is 0.754. The number of aliphatic imine (C=N–C) groups is 1. The first-order valence-corrected chi connectivity index (χ1v) is 10.6. The fourth-order valence-electron chi connectivity index (χ4n) is 3.16. The minimum Gasteiger partial charge on any atom is -0.493 e. The quantitative estimate of drug-likeness (QED) is 0.317. The Labute approximate surface area is 195 Å². The van der Waals surface area contributed by atoms with E-state index < -0.39 is 5.97 Å². The monoisotopic (exact) mass is 467 g/mol. The van der Waals surface area contributed by atoms with Gasteiger partial charge in [-0.1, -0.05) is 59.6 Å². The van der Waals surface area contributed by atoms with Crippen molar-refractivity contribution in [3.05, 3.63) is 99.2 Å². The summed E-state index contributed by atoms with van der Waals surface area (Å²) >= 11 is 12.1. The number of ether oxygens (including phenoxy) is 3. The second-order valence-corrected chi connectivity index (χ2v) is 7.80. The van der Waals surface area contributed by atoms with Crippen LogP contribution >= 0.6 is 23.2 Å². The molecule has 1 aliphatic heterocycles. The summed E-state index contributed by atoms with van der Waals surface area (Å²) < 4.78 is 16.6. The molecule has 1 aliphatic rings. The Morgan fingerprint density at radius 2 is 1.81 bits per heavy atom. The molecule has 0 N–H and O–H groups in total. The van der Waals surface area contributed by atoms with Gasteiger partial charge < -0.3 is 14.2 Å². The number of hydrogen-bond donors (Lipinski definition) is 0. The lowest BCUT2D eigenvalue weighted by Gasteiger charge is -2.11. The first kappa shape index (κ1) is 21.9. The SMILES string of the molecule is COc1cc(/C=C2\N=C(c3ccc(Cl)cc3Cl)OC2=O)ccc1OCCc1ccccc1. The van der Waals surface area contributed by atoms with E-state index in [0.717, 1.165) is 12.0 Å². The van der Waals surface area contributed by atoms with Gasteiger partial charge in [-0.2, -0.15) is 0 Å². The lowest BCUT2D eigenvalue weighted by Crippen LogP contribution is -2.06. The summed E-state index contributed by atoms with van der Waals surface area (Å²) in [6.45, 7) is 0.517. The molecule has 0 fully saturated rings. The van der Waals surface area contributed by atoms with Crippen molar-refractivity contribution in [2.45, 2.75) is 6.42 Å². The van der Waals surface area contributed by atoms with E-state index in [9.17, 15) is 4.79 Å². The number of hydrogen-bond acceptors (Lipinski definition) is 5. The summed E-state index contributed by atoms with van der Waals surface area (Å²) in [6.07, 6.45) is 2.40. The molecule has 0 saturated carbocycles. The fourth-order valence-corrected chi connectivity index (χ4v) is 3.65. The van der Waals surface area contributed by atoms with Gasteiger partial charge >= 0.3 is 5.97 Å². The first-order valence-electron chi connectivity index (χ1n) is 9.86. The van der Waals surface area contributed by atoms with Gasteiger partial charge in [-0.25, -0.2) is 9.79 Å². The summed E-state index contributed by atoms with van der Waals surface area (Å²) in [6, 6.07) is 20.4. The van der Waals surface area contributed by atoms with Gasteiger partial charge in [-0.05, 0) is 47.5 Å². The van der Waals surface area contributed by atoms with Crippen LogP contribution in [0, 0.1) is 0 Å². The molecule has 0 amide bonds. The van der Waals surface area contributed by atoms with Crippen molar-refractivity contribution in [3.63, 3.8) is 0 Å². The molecule has 0 bridgehead atoms. The second-order valence-electron chi connectivity index (χ2n) is 6.95. The van der Waals surface area contributed by atoms with Crippen LogP contribution in [0.5, 0.6) is 11.5 Å². The maximum atomic E-state index is 12.3. The molecule has 4 rings (SSSR count). The van der Waals surface area contributed by atoms with Gasteiger partial charge in [0.1, 0.15) is 0 Å². The van der Waals surface area contributed by atoms with Crippen molar-refractivity contribution in [3.8, 4) is 11.5 Å². The van der Waals surface area contributed by atoms with Crippen molar-refractivity contribution < 1.29 is 19.0 Å². The van der Waals surface area contributed by atoms with Crippen LogP contribution in [0.3, 0.4) is 0 Å². The maximum Gasteiger partial charge on any atom is 0.363 e. The van der Waals surface area contributed by atoms with E-state index in [2.05, 4.69) is 17.1 Å². The third kappa shape index (κ3) is 5.13. The van der Waals surface area contributed by atoms with Gasteiger partial charge in [0.15, 0.2) is 17.2 Å². The zero-order valence-corrected chi connectivity index (χ0v) is 18.7. The Morgan fingerprint density at radius 3 is 2.56 bits per heavy atom. The Hall–Kier alpha value is -3.28. The van der Waals surface area contributed by atoms with Crippen molar-refractivity contribution in [2.75, 3.05) is 13.7 Å². The molecule has 5 nitrogen and oxygen atoms in total. The van der Waals surface area contributed by atoms with Crippen LogP contribution in [-0.4, -0.2) is 25.6 Å².